The molecule has 2 aliphatic heterocycles. The highest BCUT2D eigenvalue weighted by molar-refractivity contribution is 5.85. The lowest BCUT2D eigenvalue weighted by molar-refractivity contribution is -0.385. The second-order valence-corrected chi connectivity index (χ2v) is 5.97. The topological polar surface area (TPSA) is 67.6 Å². The van der Waals surface area contributed by atoms with Gasteiger partial charge in [0.25, 0.3) is 0 Å². The molecule has 3 rings (SSSR count). The predicted octanol–water partition coefficient (Wildman–Crippen LogP) is 2.07. The number of halogens is 1. The molecule has 22 heavy (non-hydrogen) atoms. The van der Waals surface area contributed by atoms with Crippen LogP contribution >= 0.6 is 12.4 Å². The van der Waals surface area contributed by atoms with Crippen molar-refractivity contribution in [1.82, 2.24) is 10.2 Å². The lowest BCUT2D eigenvalue weighted by Gasteiger charge is -2.34. The number of nitro groups is 1. The van der Waals surface area contributed by atoms with E-state index in [9.17, 15) is 10.1 Å². The van der Waals surface area contributed by atoms with Crippen molar-refractivity contribution < 1.29 is 9.66 Å². The molecule has 2 heterocycles. The maximum atomic E-state index is 11.1. The van der Waals surface area contributed by atoms with Crippen molar-refractivity contribution in [2.75, 3.05) is 33.3 Å². The molecule has 0 amide bonds. The molecule has 1 aromatic rings. The van der Waals surface area contributed by atoms with Gasteiger partial charge in [-0.2, -0.15) is 0 Å². The zero-order chi connectivity index (χ0) is 14.8. The van der Waals surface area contributed by atoms with Gasteiger partial charge < -0.3 is 10.1 Å². The molecule has 0 bridgehead atoms. The molecule has 7 heteroatoms. The van der Waals surface area contributed by atoms with Crippen LogP contribution in [0, 0.1) is 22.0 Å². The first-order valence-corrected chi connectivity index (χ1v) is 7.41. The number of nitro benzene ring substituents is 1. The highest BCUT2D eigenvalue weighted by Crippen LogP contribution is 2.30. The fourth-order valence-electron chi connectivity index (χ4n) is 3.49. The van der Waals surface area contributed by atoms with Gasteiger partial charge in [0.1, 0.15) is 0 Å². The van der Waals surface area contributed by atoms with Gasteiger partial charge in [0, 0.05) is 19.2 Å². The fourth-order valence-corrected chi connectivity index (χ4v) is 3.49. The normalized spacial score (nSPS) is 24.4. The van der Waals surface area contributed by atoms with Gasteiger partial charge in [-0.3, -0.25) is 15.0 Å². The van der Waals surface area contributed by atoms with Crippen molar-refractivity contribution in [2.45, 2.75) is 13.0 Å². The van der Waals surface area contributed by atoms with E-state index < -0.39 is 0 Å². The minimum absolute atomic E-state index is 0. The number of nitrogens with zero attached hydrogens (tertiary/aromatic N) is 2. The van der Waals surface area contributed by atoms with Gasteiger partial charge in [-0.15, -0.1) is 12.4 Å². The molecule has 2 atom stereocenters. The van der Waals surface area contributed by atoms with Crippen molar-refractivity contribution in [2.24, 2.45) is 11.8 Å². The molecule has 0 radical (unpaired) electrons. The molecular weight excluding hydrogens is 306 g/mol. The molecule has 2 fully saturated rings. The summed E-state index contributed by atoms with van der Waals surface area (Å²) in [7, 11) is 1.46. The van der Waals surface area contributed by atoms with Crippen molar-refractivity contribution in [3.8, 4) is 5.75 Å². The maximum Gasteiger partial charge on any atom is 0.311 e. The van der Waals surface area contributed by atoms with Crippen LogP contribution < -0.4 is 10.1 Å². The predicted molar refractivity (Wildman–Crippen MR) is 86.6 cm³/mol. The van der Waals surface area contributed by atoms with Crippen LogP contribution in [0.3, 0.4) is 0 Å². The Morgan fingerprint density at radius 3 is 2.91 bits per heavy atom. The minimum Gasteiger partial charge on any atom is -0.490 e. The molecule has 0 aromatic heterocycles. The number of benzene rings is 1. The van der Waals surface area contributed by atoms with E-state index in [1.807, 2.05) is 6.07 Å². The Morgan fingerprint density at radius 1 is 1.41 bits per heavy atom. The summed E-state index contributed by atoms with van der Waals surface area (Å²) in [5.41, 5.74) is 1.03. The summed E-state index contributed by atoms with van der Waals surface area (Å²) in [4.78, 5) is 13.1. The Bertz CT molecular complexity index is 541. The standard InChI is InChI=1S/C15H21N3O3.ClH/c1-21-15-3-2-11(6-14(15)18(19)20)9-17-5-4-12-7-16-8-13(12)10-17;/h2-3,6,12-13,16H,4-5,7-10H2,1H3;1H. The summed E-state index contributed by atoms with van der Waals surface area (Å²) in [6.45, 7) is 5.17. The summed E-state index contributed by atoms with van der Waals surface area (Å²) in [6, 6.07) is 5.25. The number of ether oxygens (including phenoxy) is 1. The number of piperidine rings is 1. The summed E-state index contributed by atoms with van der Waals surface area (Å²) >= 11 is 0. The first kappa shape index (κ1) is 17.0. The molecule has 1 aromatic carbocycles. The van der Waals surface area contributed by atoms with Crippen LogP contribution in [0.2, 0.25) is 0 Å². The van der Waals surface area contributed by atoms with E-state index in [4.69, 9.17) is 4.74 Å². The van der Waals surface area contributed by atoms with Crippen LogP contribution in [0.1, 0.15) is 12.0 Å². The second kappa shape index (κ2) is 7.26. The van der Waals surface area contributed by atoms with Crippen LogP contribution in [-0.4, -0.2) is 43.1 Å². The number of rotatable bonds is 4. The average molecular weight is 328 g/mol. The van der Waals surface area contributed by atoms with Crippen LogP contribution in [0.5, 0.6) is 5.75 Å². The van der Waals surface area contributed by atoms with Gasteiger partial charge in [-0.05, 0) is 49.5 Å². The summed E-state index contributed by atoms with van der Waals surface area (Å²) in [6.07, 6.45) is 1.22. The van der Waals surface area contributed by atoms with Gasteiger partial charge in [-0.25, -0.2) is 0 Å². The molecule has 0 saturated carbocycles. The molecular formula is C15H22ClN3O3. The number of hydrogen-bond donors (Lipinski definition) is 1. The Hall–Kier alpha value is -1.37. The summed E-state index contributed by atoms with van der Waals surface area (Å²) < 4.78 is 5.04. The summed E-state index contributed by atoms with van der Waals surface area (Å²) in [5.74, 6) is 1.86. The first-order valence-electron chi connectivity index (χ1n) is 7.41. The Kier molecular flexibility index (Phi) is 5.61. The van der Waals surface area contributed by atoms with Gasteiger partial charge in [-0.1, -0.05) is 6.07 Å². The Balaban J connectivity index is 0.00000176. The van der Waals surface area contributed by atoms with Gasteiger partial charge in [0.15, 0.2) is 5.75 Å². The van der Waals surface area contributed by atoms with Crippen molar-refractivity contribution in [3.05, 3.63) is 33.9 Å². The molecule has 0 spiro atoms. The highest BCUT2D eigenvalue weighted by atomic mass is 35.5. The lowest BCUT2D eigenvalue weighted by atomic mass is 9.88. The van der Waals surface area contributed by atoms with Gasteiger partial charge in [0.05, 0.1) is 12.0 Å². The molecule has 122 valence electrons. The van der Waals surface area contributed by atoms with Crippen molar-refractivity contribution in [3.63, 3.8) is 0 Å². The third-order valence-electron chi connectivity index (χ3n) is 4.63. The first-order chi connectivity index (χ1) is 10.2. The van der Waals surface area contributed by atoms with Gasteiger partial charge in [0.2, 0.25) is 0 Å². The Labute approximate surface area is 136 Å². The lowest BCUT2D eigenvalue weighted by Crippen LogP contribution is -2.39. The van der Waals surface area contributed by atoms with E-state index in [0.29, 0.717) is 5.75 Å². The second-order valence-electron chi connectivity index (χ2n) is 5.97. The molecule has 1 N–H and O–H groups in total. The molecule has 2 aliphatic rings. The molecule has 6 nitrogen and oxygen atoms in total. The number of nitrogens with one attached hydrogen (secondary N) is 1. The third kappa shape index (κ3) is 3.51. The zero-order valence-corrected chi connectivity index (χ0v) is 13.5. The van der Waals surface area contributed by atoms with E-state index in [-0.39, 0.29) is 23.0 Å². The third-order valence-corrected chi connectivity index (χ3v) is 4.63. The SMILES string of the molecule is COc1ccc(CN2CCC3CNCC3C2)cc1[N+](=O)[O-].Cl. The van der Waals surface area contributed by atoms with E-state index in [1.54, 1.807) is 12.1 Å². The number of fused-ring (bicyclic) bond motifs is 1. The molecule has 2 unspecified atom stereocenters. The van der Waals surface area contributed by atoms with Crippen LogP contribution in [0.4, 0.5) is 5.69 Å². The minimum atomic E-state index is -0.380. The zero-order valence-electron chi connectivity index (χ0n) is 12.7. The largest absolute Gasteiger partial charge is 0.490 e. The van der Waals surface area contributed by atoms with E-state index in [1.165, 1.54) is 13.5 Å². The van der Waals surface area contributed by atoms with E-state index in [2.05, 4.69) is 10.2 Å². The smallest absolute Gasteiger partial charge is 0.311 e. The van der Waals surface area contributed by atoms with E-state index in [0.717, 1.165) is 50.1 Å². The quantitative estimate of drug-likeness (QED) is 0.677. The fraction of sp³-hybridized carbons (Fsp3) is 0.600. The van der Waals surface area contributed by atoms with Crippen LogP contribution in [-0.2, 0) is 6.54 Å². The number of methoxy groups -OCH3 is 1. The average Bonchev–Trinajstić information content (AvgIpc) is 2.94. The van der Waals surface area contributed by atoms with E-state index >= 15 is 0 Å². The number of likely N-dealkylation sites (tertiary alicyclic amines) is 1. The Morgan fingerprint density at radius 2 is 2.18 bits per heavy atom. The molecule has 0 aliphatic carbocycles. The monoisotopic (exact) mass is 327 g/mol. The highest BCUT2D eigenvalue weighted by Gasteiger charge is 2.32. The van der Waals surface area contributed by atoms with Crippen LogP contribution in [0.15, 0.2) is 18.2 Å². The molecule has 2 saturated heterocycles. The van der Waals surface area contributed by atoms with Crippen molar-refractivity contribution >= 4 is 18.1 Å². The van der Waals surface area contributed by atoms with Crippen molar-refractivity contribution in [1.29, 1.82) is 0 Å². The maximum absolute atomic E-state index is 11.1. The number of hydrogen-bond acceptors (Lipinski definition) is 5. The van der Waals surface area contributed by atoms with Gasteiger partial charge >= 0.3 is 5.69 Å². The van der Waals surface area contributed by atoms with Crippen LogP contribution in [0.25, 0.3) is 0 Å². The summed E-state index contributed by atoms with van der Waals surface area (Å²) in [5, 5.41) is 14.5.